The van der Waals surface area contributed by atoms with Crippen LogP contribution in [0.5, 0.6) is 0 Å². The van der Waals surface area contributed by atoms with E-state index in [1.807, 2.05) is 0 Å². The van der Waals surface area contributed by atoms with Crippen molar-refractivity contribution < 1.29 is 18.8 Å². The summed E-state index contributed by atoms with van der Waals surface area (Å²) in [7, 11) is 0. The van der Waals surface area contributed by atoms with Gasteiger partial charge in [0.1, 0.15) is 11.6 Å². The molecule has 0 aliphatic carbocycles. The number of carboxylic acids is 1. The van der Waals surface area contributed by atoms with Gasteiger partial charge in [0.25, 0.3) is 0 Å². The van der Waals surface area contributed by atoms with Crippen LogP contribution in [0.1, 0.15) is 16.2 Å². The van der Waals surface area contributed by atoms with Gasteiger partial charge in [-0.15, -0.1) is 0 Å². The van der Waals surface area contributed by atoms with Gasteiger partial charge in [0, 0.05) is 5.56 Å². The average molecular weight is 221 g/mol. The Kier molecular flexibility index (Phi) is 2.44. The number of carboxylic acid groups (broad SMARTS) is 1. The van der Waals surface area contributed by atoms with E-state index in [0.29, 0.717) is 0 Å². The Balaban J connectivity index is 2.68. The van der Waals surface area contributed by atoms with Crippen molar-refractivity contribution in [2.24, 2.45) is 0 Å². The number of carbonyl (C=O) groups is 1. The third-order valence-electron chi connectivity index (χ3n) is 2.21. The summed E-state index contributed by atoms with van der Waals surface area (Å²) in [6, 6.07) is 5.90. The number of hydrogen-bond donors (Lipinski definition) is 1. The van der Waals surface area contributed by atoms with Gasteiger partial charge in [-0.05, 0) is 13.0 Å². The first kappa shape index (κ1) is 10.4. The van der Waals surface area contributed by atoms with Crippen LogP contribution in [-0.2, 0) is 0 Å². The normalized spacial score (nSPS) is 10.4. The number of nitrogens with zero attached hydrogens (tertiary/aromatic N) is 1. The highest BCUT2D eigenvalue weighted by atomic mass is 19.1. The summed E-state index contributed by atoms with van der Waals surface area (Å²) in [6.07, 6.45) is 0. The van der Waals surface area contributed by atoms with E-state index in [1.165, 1.54) is 18.2 Å². The van der Waals surface area contributed by atoms with Crippen LogP contribution in [0.4, 0.5) is 4.39 Å². The molecule has 1 heterocycles. The number of halogens is 1. The summed E-state index contributed by atoms with van der Waals surface area (Å²) in [6.45, 7) is 1.54. The monoisotopic (exact) mass is 221 g/mol. The SMILES string of the molecule is Cc1onc(C(=O)O)c1-c1ccccc1F. The van der Waals surface area contributed by atoms with E-state index in [1.54, 1.807) is 13.0 Å². The molecule has 0 saturated carbocycles. The lowest BCUT2D eigenvalue weighted by Crippen LogP contribution is -2.00. The Labute approximate surface area is 90.3 Å². The van der Waals surface area contributed by atoms with Crippen LogP contribution in [0.3, 0.4) is 0 Å². The fourth-order valence-corrected chi connectivity index (χ4v) is 1.50. The van der Waals surface area contributed by atoms with Crippen molar-refractivity contribution in [3.63, 3.8) is 0 Å². The predicted molar refractivity (Wildman–Crippen MR) is 53.6 cm³/mol. The van der Waals surface area contributed by atoms with E-state index >= 15 is 0 Å². The molecule has 2 rings (SSSR count). The highest BCUT2D eigenvalue weighted by Gasteiger charge is 2.22. The lowest BCUT2D eigenvalue weighted by molar-refractivity contribution is 0.0686. The minimum Gasteiger partial charge on any atom is -0.476 e. The molecule has 0 radical (unpaired) electrons. The first-order chi connectivity index (χ1) is 7.61. The maximum absolute atomic E-state index is 13.5. The quantitative estimate of drug-likeness (QED) is 0.846. The molecule has 0 amide bonds. The molecule has 1 N–H and O–H groups in total. The van der Waals surface area contributed by atoms with E-state index < -0.39 is 11.8 Å². The maximum Gasteiger partial charge on any atom is 0.358 e. The molecule has 16 heavy (non-hydrogen) atoms. The van der Waals surface area contributed by atoms with Gasteiger partial charge in [-0.1, -0.05) is 23.4 Å². The minimum absolute atomic E-state index is 0.179. The smallest absolute Gasteiger partial charge is 0.358 e. The van der Waals surface area contributed by atoms with Gasteiger partial charge in [0.15, 0.2) is 5.69 Å². The first-order valence-electron chi connectivity index (χ1n) is 4.55. The third-order valence-corrected chi connectivity index (χ3v) is 2.21. The summed E-state index contributed by atoms with van der Waals surface area (Å²) in [5.74, 6) is -1.46. The second-order valence-corrected chi connectivity index (χ2v) is 3.25. The molecular weight excluding hydrogens is 213 g/mol. The molecule has 4 nitrogen and oxygen atoms in total. The molecule has 0 bridgehead atoms. The van der Waals surface area contributed by atoms with Gasteiger partial charge >= 0.3 is 5.97 Å². The first-order valence-corrected chi connectivity index (χ1v) is 4.55. The van der Waals surface area contributed by atoms with E-state index in [4.69, 9.17) is 9.63 Å². The zero-order chi connectivity index (χ0) is 11.7. The second kappa shape index (κ2) is 3.77. The average Bonchev–Trinajstić information content (AvgIpc) is 2.61. The summed E-state index contributed by atoms with van der Waals surface area (Å²) < 4.78 is 18.3. The van der Waals surface area contributed by atoms with E-state index in [2.05, 4.69) is 5.16 Å². The summed E-state index contributed by atoms with van der Waals surface area (Å²) in [5, 5.41) is 12.3. The van der Waals surface area contributed by atoms with Crippen molar-refractivity contribution in [3.8, 4) is 11.1 Å². The van der Waals surface area contributed by atoms with E-state index in [-0.39, 0.29) is 22.6 Å². The van der Waals surface area contributed by atoms with Gasteiger partial charge in [-0.2, -0.15) is 0 Å². The summed E-state index contributed by atoms with van der Waals surface area (Å²) in [5.41, 5.74) is 0.0897. The number of aromatic carboxylic acids is 1. The fraction of sp³-hybridized carbons (Fsp3) is 0.0909. The van der Waals surface area contributed by atoms with Gasteiger partial charge in [-0.3, -0.25) is 0 Å². The molecule has 1 aromatic carbocycles. The van der Waals surface area contributed by atoms with Crippen molar-refractivity contribution in [1.82, 2.24) is 5.16 Å². The zero-order valence-electron chi connectivity index (χ0n) is 8.40. The van der Waals surface area contributed by atoms with Crippen LogP contribution in [0.2, 0.25) is 0 Å². The number of benzene rings is 1. The summed E-state index contributed by atoms with van der Waals surface area (Å²) >= 11 is 0. The molecule has 0 aliphatic rings. The fourth-order valence-electron chi connectivity index (χ4n) is 1.50. The van der Waals surface area contributed by atoms with Gasteiger partial charge < -0.3 is 9.63 Å². The molecule has 0 saturated heterocycles. The van der Waals surface area contributed by atoms with Crippen molar-refractivity contribution in [2.75, 3.05) is 0 Å². The van der Waals surface area contributed by atoms with Crippen LogP contribution in [0.15, 0.2) is 28.8 Å². The number of hydrogen-bond acceptors (Lipinski definition) is 3. The maximum atomic E-state index is 13.5. The second-order valence-electron chi connectivity index (χ2n) is 3.25. The molecule has 0 unspecified atom stereocenters. The van der Waals surface area contributed by atoms with Crippen LogP contribution < -0.4 is 0 Å². The highest BCUT2D eigenvalue weighted by Crippen LogP contribution is 2.29. The molecule has 0 aliphatic heterocycles. The van der Waals surface area contributed by atoms with Gasteiger partial charge in [0.2, 0.25) is 0 Å². The minimum atomic E-state index is -1.24. The number of aromatic nitrogens is 1. The molecule has 5 heteroatoms. The Morgan fingerprint density at radius 2 is 2.12 bits per heavy atom. The Morgan fingerprint density at radius 1 is 1.44 bits per heavy atom. The van der Waals surface area contributed by atoms with Gasteiger partial charge in [-0.25, -0.2) is 9.18 Å². The molecular formula is C11H8FNO3. The molecule has 2 aromatic rings. The van der Waals surface area contributed by atoms with Crippen molar-refractivity contribution in [3.05, 3.63) is 41.5 Å². The Morgan fingerprint density at radius 3 is 2.75 bits per heavy atom. The van der Waals surface area contributed by atoms with Gasteiger partial charge in [0.05, 0.1) is 5.56 Å². The molecule has 0 spiro atoms. The van der Waals surface area contributed by atoms with Crippen LogP contribution >= 0.6 is 0 Å². The standard InChI is InChI=1S/C11H8FNO3/c1-6-9(10(11(14)15)13-16-6)7-4-2-3-5-8(7)12/h2-5H,1H3,(H,14,15). The van der Waals surface area contributed by atoms with Crippen LogP contribution in [0.25, 0.3) is 11.1 Å². The van der Waals surface area contributed by atoms with E-state index in [0.717, 1.165) is 0 Å². The zero-order valence-corrected chi connectivity index (χ0v) is 8.40. The topological polar surface area (TPSA) is 63.3 Å². The van der Waals surface area contributed by atoms with Crippen molar-refractivity contribution >= 4 is 5.97 Å². The number of rotatable bonds is 2. The summed E-state index contributed by atoms with van der Waals surface area (Å²) in [4.78, 5) is 10.9. The van der Waals surface area contributed by atoms with Crippen LogP contribution in [-0.4, -0.2) is 16.2 Å². The molecule has 0 fully saturated rings. The predicted octanol–water partition coefficient (Wildman–Crippen LogP) is 2.49. The van der Waals surface area contributed by atoms with Crippen molar-refractivity contribution in [1.29, 1.82) is 0 Å². The lowest BCUT2D eigenvalue weighted by Gasteiger charge is -2.01. The molecule has 0 atom stereocenters. The lowest BCUT2D eigenvalue weighted by atomic mass is 10.0. The molecule has 1 aromatic heterocycles. The molecule has 82 valence electrons. The Bertz CT molecular complexity index is 548. The van der Waals surface area contributed by atoms with Crippen molar-refractivity contribution in [2.45, 2.75) is 6.92 Å². The third kappa shape index (κ3) is 1.56. The Hall–Kier alpha value is -2.17. The van der Waals surface area contributed by atoms with E-state index in [9.17, 15) is 9.18 Å². The largest absolute Gasteiger partial charge is 0.476 e. The highest BCUT2D eigenvalue weighted by molar-refractivity contribution is 5.94. The van der Waals surface area contributed by atoms with Crippen LogP contribution in [0, 0.1) is 12.7 Å². The number of aryl methyl sites for hydroxylation is 1.